The van der Waals surface area contributed by atoms with Crippen LogP contribution in [-0.4, -0.2) is 63.2 Å². The van der Waals surface area contributed by atoms with Crippen LogP contribution in [0.25, 0.3) is 0 Å². The highest BCUT2D eigenvalue weighted by molar-refractivity contribution is 5.72. The maximum absolute atomic E-state index is 10.8. The molecular weight excluding hydrogens is 254 g/mol. The summed E-state index contributed by atoms with van der Waals surface area (Å²) >= 11 is 0. The van der Waals surface area contributed by atoms with Crippen LogP contribution in [0.4, 0.5) is 0 Å². The number of nitrogens with one attached hydrogen (secondary N) is 1. The van der Waals surface area contributed by atoms with Gasteiger partial charge in [-0.25, -0.2) is 0 Å². The smallest absolute Gasteiger partial charge is 0.216 e. The molecule has 0 aliphatic carbocycles. The van der Waals surface area contributed by atoms with Crippen molar-refractivity contribution in [1.82, 2.24) is 5.32 Å². The van der Waals surface area contributed by atoms with Gasteiger partial charge in [-0.15, -0.1) is 0 Å². The second-order valence-electron chi connectivity index (χ2n) is 4.48. The molecule has 2 N–H and O–H groups in total. The van der Waals surface area contributed by atoms with Gasteiger partial charge < -0.3 is 29.4 Å². The van der Waals surface area contributed by atoms with E-state index >= 15 is 0 Å². The molecule has 0 spiro atoms. The number of hydrogen-bond donors (Lipinski definition) is 2. The molecule has 0 radical (unpaired) electrons. The van der Waals surface area contributed by atoms with Crippen LogP contribution >= 0.6 is 0 Å². The Labute approximate surface area is 113 Å². The first kappa shape index (κ1) is 16.3. The van der Waals surface area contributed by atoms with Gasteiger partial charge in [-0.1, -0.05) is 0 Å². The van der Waals surface area contributed by atoms with Crippen molar-refractivity contribution in [1.29, 1.82) is 0 Å². The third kappa shape index (κ3) is 3.87. The molecule has 1 fully saturated rings. The van der Waals surface area contributed by atoms with Gasteiger partial charge in [-0.05, 0) is 6.42 Å². The molecule has 1 aliphatic heterocycles. The third-order valence-electron chi connectivity index (χ3n) is 3.34. The van der Waals surface area contributed by atoms with Crippen molar-refractivity contribution in [2.24, 2.45) is 0 Å². The molecular formula is C12H23NO6. The minimum absolute atomic E-state index is 0.127. The van der Waals surface area contributed by atoms with E-state index in [-0.39, 0.29) is 12.3 Å². The van der Waals surface area contributed by atoms with Crippen molar-refractivity contribution < 1.29 is 28.8 Å². The second-order valence-corrected chi connectivity index (χ2v) is 4.48. The number of aliphatic hydroxyl groups excluding tert-OH is 1. The van der Waals surface area contributed by atoms with Crippen molar-refractivity contribution in [3.05, 3.63) is 0 Å². The highest BCUT2D eigenvalue weighted by Crippen LogP contribution is 2.34. The van der Waals surface area contributed by atoms with Crippen molar-refractivity contribution in [3.8, 4) is 0 Å². The van der Waals surface area contributed by atoms with Gasteiger partial charge in [0.1, 0.15) is 6.10 Å². The van der Waals surface area contributed by atoms with Crippen LogP contribution in [0.3, 0.4) is 0 Å². The predicted octanol–water partition coefficient (Wildman–Crippen LogP) is -0.376. The van der Waals surface area contributed by atoms with E-state index < -0.39 is 24.3 Å². The van der Waals surface area contributed by atoms with Crippen molar-refractivity contribution in [2.75, 3.05) is 27.9 Å². The maximum Gasteiger partial charge on any atom is 0.216 e. The zero-order chi connectivity index (χ0) is 14.5. The van der Waals surface area contributed by atoms with E-state index in [0.29, 0.717) is 13.0 Å². The molecule has 0 aromatic rings. The minimum atomic E-state index is -1.15. The van der Waals surface area contributed by atoms with E-state index in [9.17, 15) is 9.90 Å². The summed E-state index contributed by atoms with van der Waals surface area (Å²) in [5, 5.41) is 13.0. The van der Waals surface area contributed by atoms with Gasteiger partial charge in [0.2, 0.25) is 11.7 Å². The SMILES string of the molecule is CO[C@@H]1CC(OC)(OC)[C@H](O)[C@@H](CCNC(C)=O)O1. The molecule has 0 unspecified atom stereocenters. The van der Waals surface area contributed by atoms with Gasteiger partial charge in [-0.2, -0.15) is 0 Å². The Balaban J connectivity index is 2.70. The molecule has 0 bridgehead atoms. The number of amides is 1. The second kappa shape index (κ2) is 7.16. The molecule has 112 valence electrons. The summed E-state index contributed by atoms with van der Waals surface area (Å²) < 4.78 is 21.4. The normalized spacial score (nSPS) is 30.1. The van der Waals surface area contributed by atoms with Gasteiger partial charge in [0.05, 0.1) is 12.5 Å². The standard InChI is InChI=1S/C12H23NO6/c1-8(14)13-6-5-9-11(15)12(17-3,18-4)7-10(16-2)19-9/h9-11,15H,5-7H2,1-4H3,(H,13,14)/t9-,10+,11-/m1/s1. The van der Waals surface area contributed by atoms with Crippen LogP contribution in [0.2, 0.25) is 0 Å². The monoisotopic (exact) mass is 277 g/mol. The molecule has 19 heavy (non-hydrogen) atoms. The van der Waals surface area contributed by atoms with Crippen molar-refractivity contribution >= 4 is 5.91 Å². The molecule has 1 amide bonds. The van der Waals surface area contributed by atoms with Crippen molar-refractivity contribution in [3.63, 3.8) is 0 Å². The Kier molecular flexibility index (Phi) is 6.15. The minimum Gasteiger partial charge on any atom is -0.385 e. The Hall–Kier alpha value is -0.730. The van der Waals surface area contributed by atoms with Gasteiger partial charge in [0.15, 0.2) is 6.29 Å². The Bertz CT molecular complexity index is 294. The van der Waals surface area contributed by atoms with Crippen LogP contribution < -0.4 is 5.32 Å². The van der Waals surface area contributed by atoms with Gasteiger partial charge in [-0.3, -0.25) is 4.79 Å². The topological polar surface area (TPSA) is 86.3 Å². The van der Waals surface area contributed by atoms with Gasteiger partial charge >= 0.3 is 0 Å². The molecule has 0 aromatic carbocycles. The van der Waals surface area contributed by atoms with Crippen LogP contribution in [0.1, 0.15) is 19.8 Å². The lowest BCUT2D eigenvalue weighted by atomic mass is 9.95. The summed E-state index contributed by atoms with van der Waals surface area (Å²) in [5.74, 6) is -1.28. The van der Waals surface area contributed by atoms with Crippen LogP contribution in [0, 0.1) is 0 Å². The van der Waals surface area contributed by atoms with Crippen LogP contribution in [0.5, 0.6) is 0 Å². The average Bonchev–Trinajstić information content (AvgIpc) is 2.40. The quantitative estimate of drug-likeness (QED) is 0.644. The number of hydrogen-bond acceptors (Lipinski definition) is 6. The van der Waals surface area contributed by atoms with E-state index in [0.717, 1.165) is 0 Å². The lowest BCUT2D eigenvalue weighted by Crippen LogP contribution is -2.60. The number of carbonyl (C=O) groups is 1. The van der Waals surface area contributed by atoms with E-state index in [1.807, 2.05) is 0 Å². The summed E-state index contributed by atoms with van der Waals surface area (Å²) in [6.45, 7) is 1.84. The third-order valence-corrected chi connectivity index (χ3v) is 3.34. The molecule has 7 nitrogen and oxygen atoms in total. The number of aliphatic hydroxyl groups is 1. The Morgan fingerprint density at radius 2 is 2.05 bits per heavy atom. The molecule has 3 atom stereocenters. The molecule has 7 heteroatoms. The van der Waals surface area contributed by atoms with E-state index in [1.165, 1.54) is 28.3 Å². The molecule has 0 aromatic heterocycles. The summed E-state index contributed by atoms with van der Waals surface area (Å²) in [6, 6.07) is 0. The number of ether oxygens (including phenoxy) is 4. The summed E-state index contributed by atoms with van der Waals surface area (Å²) in [6.07, 6.45) is -1.30. The Morgan fingerprint density at radius 1 is 1.42 bits per heavy atom. The molecule has 1 heterocycles. The number of methoxy groups -OCH3 is 3. The first-order chi connectivity index (χ1) is 8.99. The van der Waals surface area contributed by atoms with Crippen molar-refractivity contribution in [2.45, 2.75) is 44.1 Å². The van der Waals surface area contributed by atoms with E-state index in [1.54, 1.807) is 0 Å². The molecule has 0 saturated carbocycles. The highest BCUT2D eigenvalue weighted by atomic mass is 16.7. The van der Waals surface area contributed by atoms with Crippen LogP contribution in [0.15, 0.2) is 0 Å². The fraction of sp³-hybridized carbons (Fsp3) is 0.917. The predicted molar refractivity (Wildman–Crippen MR) is 66.3 cm³/mol. The number of carbonyl (C=O) groups excluding carboxylic acids is 1. The maximum atomic E-state index is 10.8. The summed E-state index contributed by atoms with van der Waals surface area (Å²) in [5.41, 5.74) is 0. The average molecular weight is 277 g/mol. The lowest BCUT2D eigenvalue weighted by molar-refractivity contribution is -0.352. The van der Waals surface area contributed by atoms with Crippen LogP contribution in [-0.2, 0) is 23.7 Å². The fourth-order valence-corrected chi connectivity index (χ4v) is 2.20. The zero-order valence-corrected chi connectivity index (χ0v) is 11.8. The van der Waals surface area contributed by atoms with E-state index in [2.05, 4.69) is 5.32 Å². The summed E-state index contributed by atoms with van der Waals surface area (Å²) in [4.78, 5) is 10.8. The Morgan fingerprint density at radius 3 is 2.53 bits per heavy atom. The van der Waals surface area contributed by atoms with E-state index in [4.69, 9.17) is 18.9 Å². The van der Waals surface area contributed by atoms with Gasteiger partial charge in [0.25, 0.3) is 0 Å². The first-order valence-corrected chi connectivity index (χ1v) is 6.20. The van der Waals surface area contributed by atoms with Gasteiger partial charge in [0, 0.05) is 34.8 Å². The lowest BCUT2D eigenvalue weighted by Gasteiger charge is -2.45. The first-order valence-electron chi connectivity index (χ1n) is 6.20. The molecule has 1 aliphatic rings. The molecule has 1 rings (SSSR count). The fourth-order valence-electron chi connectivity index (χ4n) is 2.20. The largest absolute Gasteiger partial charge is 0.385 e. The number of rotatable bonds is 6. The highest BCUT2D eigenvalue weighted by Gasteiger charge is 2.50. The summed E-state index contributed by atoms with van der Waals surface area (Å²) in [7, 11) is 4.45. The zero-order valence-electron chi connectivity index (χ0n) is 11.8. The molecule has 1 saturated heterocycles.